The third-order valence-corrected chi connectivity index (χ3v) is 12.4. The zero-order valence-electron chi connectivity index (χ0n) is 24.9. The number of anilines is 2. The molecule has 0 atom stereocenters. The number of amides is 3. The van der Waals surface area contributed by atoms with E-state index >= 15 is 0 Å². The van der Waals surface area contributed by atoms with Crippen molar-refractivity contribution in [1.29, 1.82) is 0 Å². The van der Waals surface area contributed by atoms with Crippen molar-refractivity contribution >= 4 is 47.5 Å². The van der Waals surface area contributed by atoms with Gasteiger partial charge in [0.25, 0.3) is 17.7 Å². The number of hydrogen-bond acceptors (Lipinski definition) is 6. The molecule has 3 aliphatic rings. The lowest BCUT2D eigenvalue weighted by atomic mass is 9.78. The molecule has 0 fully saturated rings. The van der Waals surface area contributed by atoms with Gasteiger partial charge in [-0.15, -0.1) is 0 Å². The number of fused-ring (bicyclic) bond motifs is 6. The second kappa shape index (κ2) is 9.96. The molecule has 3 aliphatic heterocycles. The van der Waals surface area contributed by atoms with Crippen molar-refractivity contribution in [3.05, 3.63) is 94.6 Å². The predicted molar refractivity (Wildman–Crippen MR) is 168 cm³/mol. The van der Waals surface area contributed by atoms with Crippen LogP contribution in [0.15, 0.2) is 66.7 Å². The lowest BCUT2D eigenvalue weighted by Gasteiger charge is -2.45. The summed E-state index contributed by atoms with van der Waals surface area (Å²) in [5.41, 5.74) is 6.47. The smallest absolute Gasteiger partial charge is 0.253 e. The quantitative estimate of drug-likeness (QED) is 0.357. The zero-order chi connectivity index (χ0) is 30.0. The van der Waals surface area contributed by atoms with Crippen LogP contribution < -0.4 is 25.5 Å². The molecule has 0 aliphatic carbocycles. The van der Waals surface area contributed by atoms with Crippen LogP contribution >= 0.6 is 0 Å². The van der Waals surface area contributed by atoms with Gasteiger partial charge in [-0.3, -0.25) is 19.3 Å². The molecule has 0 saturated carbocycles. The van der Waals surface area contributed by atoms with Crippen LogP contribution in [0.25, 0.3) is 0 Å². The number of nitrogens with one attached hydrogen (secondary N) is 1. The fraction of sp³-hybridized carbons (Fsp3) is 0.303. The van der Waals surface area contributed by atoms with Gasteiger partial charge in [0.05, 0.1) is 6.61 Å². The zero-order valence-corrected chi connectivity index (χ0v) is 25.9. The largest absolute Gasteiger partial charge is 0.378 e. The van der Waals surface area contributed by atoms with Crippen molar-refractivity contribution in [2.75, 3.05) is 51.1 Å². The van der Waals surface area contributed by atoms with Gasteiger partial charge in [0, 0.05) is 70.4 Å². The standard InChI is InChI=1S/C33H36N4O4Si/c1-35(2)23-8-11-26-28(18-23)42(5,6)29-19-24(36(3)4)9-12-27(29)33(26)25-10-7-21(17-22(25)20-41-33)32(40)34-15-16-37-30(38)13-14-31(37)39/h7-14,17-19H,15-16,20H2,1-6H3,(H,34,40). The summed E-state index contributed by atoms with van der Waals surface area (Å²) in [6, 6.07) is 19.2. The molecule has 9 heteroatoms. The molecule has 3 heterocycles. The summed E-state index contributed by atoms with van der Waals surface area (Å²) in [6.07, 6.45) is 2.49. The Morgan fingerprint density at radius 2 is 1.40 bits per heavy atom. The maximum Gasteiger partial charge on any atom is 0.253 e. The number of imide groups is 1. The van der Waals surface area contributed by atoms with Crippen LogP contribution in [0.3, 0.4) is 0 Å². The fourth-order valence-electron chi connectivity index (χ4n) is 6.50. The molecular weight excluding hydrogens is 544 g/mol. The first-order valence-electron chi connectivity index (χ1n) is 14.2. The molecule has 3 aromatic carbocycles. The Balaban J connectivity index is 1.39. The van der Waals surface area contributed by atoms with Crippen LogP contribution in [0, 0.1) is 0 Å². The van der Waals surface area contributed by atoms with Crippen molar-refractivity contribution in [2.24, 2.45) is 0 Å². The van der Waals surface area contributed by atoms with E-state index in [0.29, 0.717) is 12.2 Å². The van der Waals surface area contributed by atoms with E-state index in [2.05, 4.69) is 92.8 Å². The van der Waals surface area contributed by atoms with E-state index in [4.69, 9.17) is 4.74 Å². The fourth-order valence-corrected chi connectivity index (χ4v) is 9.67. The summed E-state index contributed by atoms with van der Waals surface area (Å²) in [6.45, 7) is 5.52. The summed E-state index contributed by atoms with van der Waals surface area (Å²) >= 11 is 0. The summed E-state index contributed by atoms with van der Waals surface area (Å²) in [4.78, 5) is 42.1. The Labute approximate surface area is 247 Å². The highest BCUT2D eigenvalue weighted by atomic mass is 28.3. The molecule has 0 bridgehead atoms. The van der Waals surface area contributed by atoms with Crippen molar-refractivity contribution in [1.82, 2.24) is 10.2 Å². The van der Waals surface area contributed by atoms with E-state index < -0.39 is 13.7 Å². The van der Waals surface area contributed by atoms with E-state index in [1.165, 1.54) is 33.7 Å². The van der Waals surface area contributed by atoms with Gasteiger partial charge in [-0.2, -0.15) is 0 Å². The Morgan fingerprint density at radius 3 is 1.95 bits per heavy atom. The number of benzene rings is 3. The van der Waals surface area contributed by atoms with E-state index in [9.17, 15) is 14.4 Å². The molecule has 0 saturated heterocycles. The Morgan fingerprint density at radius 1 is 0.857 bits per heavy atom. The van der Waals surface area contributed by atoms with Crippen molar-refractivity contribution < 1.29 is 19.1 Å². The highest BCUT2D eigenvalue weighted by Gasteiger charge is 2.53. The molecule has 216 valence electrons. The molecule has 1 N–H and O–H groups in total. The number of nitrogens with zero attached hydrogens (tertiary/aromatic N) is 3. The van der Waals surface area contributed by atoms with E-state index in [1.54, 1.807) is 0 Å². The molecule has 3 amide bonds. The Bertz CT molecular complexity index is 1600. The van der Waals surface area contributed by atoms with E-state index in [-0.39, 0.29) is 30.8 Å². The summed E-state index contributed by atoms with van der Waals surface area (Å²) in [5.74, 6) is -0.970. The maximum atomic E-state index is 13.1. The second-order valence-electron chi connectivity index (χ2n) is 12.1. The molecule has 0 aromatic heterocycles. The van der Waals surface area contributed by atoms with E-state index in [1.807, 2.05) is 18.2 Å². The number of hydrogen-bond donors (Lipinski definition) is 1. The average molecular weight is 581 g/mol. The highest BCUT2D eigenvalue weighted by Crippen LogP contribution is 2.49. The monoisotopic (exact) mass is 580 g/mol. The van der Waals surface area contributed by atoms with Gasteiger partial charge in [-0.05, 0) is 69.0 Å². The number of carbonyl (C=O) groups excluding carboxylic acids is 3. The first kappa shape index (κ1) is 27.9. The van der Waals surface area contributed by atoms with Gasteiger partial charge in [-0.1, -0.05) is 31.3 Å². The molecule has 1 spiro atoms. The average Bonchev–Trinajstić information content (AvgIpc) is 3.51. The van der Waals surface area contributed by atoms with Crippen molar-refractivity contribution in [3.8, 4) is 0 Å². The SMILES string of the molecule is CN(C)c1ccc2c(c1)[Si](C)(C)c1cc(N(C)C)ccc1C21OCc2cc(C(=O)NCCN3C(=O)C=CC3=O)ccc21. The highest BCUT2D eigenvalue weighted by molar-refractivity contribution is 7.01. The van der Waals surface area contributed by atoms with Crippen LogP contribution in [-0.4, -0.2) is 72.0 Å². The Hall–Kier alpha value is -4.21. The van der Waals surface area contributed by atoms with Gasteiger partial charge in [-0.25, -0.2) is 0 Å². The third kappa shape index (κ3) is 4.18. The van der Waals surface area contributed by atoms with E-state index in [0.717, 1.165) is 27.4 Å². The van der Waals surface area contributed by atoms with Crippen molar-refractivity contribution in [2.45, 2.75) is 25.3 Å². The first-order valence-corrected chi connectivity index (χ1v) is 17.2. The lowest BCUT2D eigenvalue weighted by molar-refractivity contribution is -0.136. The number of ether oxygens (including phenoxy) is 1. The molecule has 42 heavy (non-hydrogen) atoms. The maximum absolute atomic E-state index is 13.1. The normalized spacial score (nSPS) is 17.2. The predicted octanol–water partition coefficient (Wildman–Crippen LogP) is 2.43. The van der Waals surface area contributed by atoms with Crippen LogP contribution in [0.5, 0.6) is 0 Å². The summed E-state index contributed by atoms with van der Waals surface area (Å²) < 4.78 is 6.88. The van der Waals surface area contributed by atoms with Crippen LogP contribution in [0.1, 0.15) is 32.6 Å². The molecular formula is C33H36N4O4Si. The number of carbonyl (C=O) groups is 3. The van der Waals surface area contributed by atoms with Crippen LogP contribution in [0.4, 0.5) is 11.4 Å². The molecule has 8 nitrogen and oxygen atoms in total. The third-order valence-electron chi connectivity index (χ3n) is 8.86. The minimum absolute atomic E-state index is 0.130. The topological polar surface area (TPSA) is 82.2 Å². The molecule has 6 rings (SSSR count). The van der Waals surface area contributed by atoms with Gasteiger partial charge >= 0.3 is 0 Å². The minimum Gasteiger partial charge on any atom is -0.378 e. The lowest BCUT2D eigenvalue weighted by Crippen LogP contribution is -2.63. The second-order valence-corrected chi connectivity index (χ2v) is 16.5. The molecule has 0 radical (unpaired) electrons. The minimum atomic E-state index is -2.12. The number of rotatable bonds is 6. The van der Waals surface area contributed by atoms with Gasteiger partial charge in [0.2, 0.25) is 0 Å². The van der Waals surface area contributed by atoms with Gasteiger partial charge in [0.15, 0.2) is 0 Å². The van der Waals surface area contributed by atoms with Crippen molar-refractivity contribution in [3.63, 3.8) is 0 Å². The summed E-state index contributed by atoms with van der Waals surface area (Å²) in [7, 11) is 6.15. The molecule has 3 aromatic rings. The molecule has 0 unspecified atom stereocenters. The summed E-state index contributed by atoms with van der Waals surface area (Å²) in [5, 5.41) is 5.56. The van der Waals surface area contributed by atoms with Crippen LogP contribution in [-0.2, 0) is 26.5 Å². The van der Waals surface area contributed by atoms with Crippen LogP contribution in [0.2, 0.25) is 13.1 Å². The first-order chi connectivity index (χ1) is 19.9. The van der Waals surface area contributed by atoms with Gasteiger partial charge in [0.1, 0.15) is 13.7 Å². The Kier molecular flexibility index (Phi) is 6.62. The van der Waals surface area contributed by atoms with Gasteiger partial charge < -0.3 is 19.9 Å².